The third-order valence-electron chi connectivity index (χ3n) is 4.18. The predicted octanol–water partition coefficient (Wildman–Crippen LogP) is 3.43. The second-order valence-corrected chi connectivity index (χ2v) is 6.54. The molecule has 8 heteroatoms. The summed E-state index contributed by atoms with van der Waals surface area (Å²) in [6, 6.07) is 10.8. The Hall–Kier alpha value is -3.81. The number of nitrogens with one attached hydrogen (secondary N) is 1. The molecule has 156 valence electrons. The third kappa shape index (κ3) is 5.38. The number of amides is 1. The number of carbonyl (C=O) groups is 3. The molecule has 0 spiro atoms. The van der Waals surface area contributed by atoms with Crippen LogP contribution in [0, 0.1) is 0 Å². The van der Waals surface area contributed by atoms with Crippen LogP contribution in [-0.2, 0) is 25.5 Å². The van der Waals surface area contributed by atoms with Crippen molar-refractivity contribution in [2.45, 2.75) is 19.8 Å². The van der Waals surface area contributed by atoms with Gasteiger partial charge in [0, 0.05) is 22.7 Å². The number of carbonyl (C=O) groups excluding carboxylic acids is 3. The first kappa shape index (κ1) is 20.9. The number of furan rings is 1. The smallest absolute Gasteiger partial charge is 0.338 e. The van der Waals surface area contributed by atoms with Gasteiger partial charge < -0.3 is 24.3 Å². The van der Waals surface area contributed by atoms with Gasteiger partial charge in [-0.3, -0.25) is 9.59 Å². The van der Waals surface area contributed by atoms with E-state index in [1.807, 2.05) is 6.92 Å². The van der Waals surface area contributed by atoms with E-state index in [1.165, 1.54) is 18.4 Å². The maximum Gasteiger partial charge on any atom is 0.338 e. The van der Waals surface area contributed by atoms with Crippen molar-refractivity contribution >= 4 is 34.5 Å². The molecule has 0 atom stereocenters. The molecule has 1 aromatic heterocycles. The molecule has 2 aromatic carbocycles. The van der Waals surface area contributed by atoms with Gasteiger partial charge in [-0.05, 0) is 42.8 Å². The maximum atomic E-state index is 12.0. The maximum absolute atomic E-state index is 12.0. The molecule has 3 aromatic rings. The van der Waals surface area contributed by atoms with Gasteiger partial charge in [0.05, 0.1) is 24.9 Å². The topological polar surface area (TPSA) is 115 Å². The van der Waals surface area contributed by atoms with Crippen molar-refractivity contribution in [1.29, 1.82) is 0 Å². The van der Waals surface area contributed by atoms with Crippen molar-refractivity contribution in [1.82, 2.24) is 0 Å². The van der Waals surface area contributed by atoms with Gasteiger partial charge in [0.1, 0.15) is 11.3 Å². The Kier molecular flexibility index (Phi) is 6.69. The highest BCUT2D eigenvalue weighted by atomic mass is 16.5. The molecular formula is C22H21NO7. The molecule has 0 saturated carbocycles. The molecule has 8 nitrogen and oxygen atoms in total. The minimum atomic E-state index is -0.588. The van der Waals surface area contributed by atoms with E-state index in [-0.39, 0.29) is 12.2 Å². The van der Waals surface area contributed by atoms with Crippen LogP contribution in [0.5, 0.6) is 5.75 Å². The summed E-state index contributed by atoms with van der Waals surface area (Å²) in [6.45, 7) is 1.80. The molecule has 0 radical (unpaired) electrons. The molecule has 30 heavy (non-hydrogen) atoms. The van der Waals surface area contributed by atoms with E-state index in [0.29, 0.717) is 34.4 Å². The number of esters is 2. The fraction of sp³-hybridized carbons (Fsp3) is 0.227. The van der Waals surface area contributed by atoms with E-state index < -0.39 is 24.5 Å². The Bertz CT molecular complexity index is 1050. The van der Waals surface area contributed by atoms with E-state index in [0.717, 1.165) is 6.42 Å². The highest BCUT2D eigenvalue weighted by molar-refractivity contribution is 5.94. The van der Waals surface area contributed by atoms with Crippen molar-refractivity contribution in [2.24, 2.45) is 0 Å². The van der Waals surface area contributed by atoms with Crippen molar-refractivity contribution in [3.63, 3.8) is 0 Å². The van der Waals surface area contributed by atoms with Gasteiger partial charge >= 0.3 is 11.9 Å². The number of aromatic hydroxyl groups is 1. The van der Waals surface area contributed by atoms with Gasteiger partial charge in [-0.1, -0.05) is 6.92 Å². The molecule has 0 aliphatic rings. The SMILES string of the molecule is CCCOC(=O)c1ccc(NC(=O)COC(=O)Cc2coc3cc(O)ccc23)cc1. The number of ether oxygens (including phenoxy) is 2. The summed E-state index contributed by atoms with van der Waals surface area (Å²) >= 11 is 0. The second kappa shape index (κ2) is 9.60. The van der Waals surface area contributed by atoms with Gasteiger partial charge in [-0.25, -0.2) is 4.79 Å². The summed E-state index contributed by atoms with van der Waals surface area (Å²) in [5.74, 6) is -1.46. The van der Waals surface area contributed by atoms with Gasteiger partial charge in [0.15, 0.2) is 6.61 Å². The lowest BCUT2D eigenvalue weighted by atomic mass is 10.1. The lowest BCUT2D eigenvalue weighted by molar-refractivity contribution is -0.146. The number of phenols is 1. The molecule has 0 bridgehead atoms. The lowest BCUT2D eigenvalue weighted by Crippen LogP contribution is -2.21. The molecule has 1 heterocycles. The molecule has 0 aliphatic carbocycles. The first-order valence-corrected chi connectivity index (χ1v) is 9.38. The number of rotatable bonds is 8. The zero-order chi connectivity index (χ0) is 21.5. The molecule has 1 amide bonds. The number of hydrogen-bond donors (Lipinski definition) is 2. The molecular weight excluding hydrogens is 390 g/mol. The first-order chi connectivity index (χ1) is 14.5. The Morgan fingerprint density at radius 1 is 1.07 bits per heavy atom. The van der Waals surface area contributed by atoms with Crippen molar-refractivity contribution in [3.8, 4) is 5.75 Å². The summed E-state index contributed by atoms with van der Waals surface area (Å²) in [5.41, 5.74) is 1.90. The monoisotopic (exact) mass is 411 g/mol. The highest BCUT2D eigenvalue weighted by Crippen LogP contribution is 2.25. The minimum Gasteiger partial charge on any atom is -0.508 e. The number of hydrogen-bond acceptors (Lipinski definition) is 7. The van der Waals surface area contributed by atoms with Crippen LogP contribution in [0.25, 0.3) is 11.0 Å². The summed E-state index contributed by atoms with van der Waals surface area (Å²) in [7, 11) is 0. The highest BCUT2D eigenvalue weighted by Gasteiger charge is 2.14. The van der Waals surface area contributed by atoms with E-state index in [4.69, 9.17) is 13.9 Å². The average Bonchev–Trinajstić information content (AvgIpc) is 3.12. The van der Waals surface area contributed by atoms with Crippen LogP contribution in [0.4, 0.5) is 5.69 Å². The molecule has 2 N–H and O–H groups in total. The summed E-state index contributed by atoms with van der Waals surface area (Å²) in [5, 5.41) is 12.7. The van der Waals surface area contributed by atoms with Crippen molar-refractivity contribution in [3.05, 3.63) is 59.9 Å². The van der Waals surface area contributed by atoms with E-state index in [2.05, 4.69) is 5.32 Å². The Morgan fingerprint density at radius 3 is 2.57 bits per heavy atom. The molecule has 0 saturated heterocycles. The van der Waals surface area contributed by atoms with Crippen LogP contribution >= 0.6 is 0 Å². The molecule has 0 aliphatic heterocycles. The lowest BCUT2D eigenvalue weighted by Gasteiger charge is -2.07. The van der Waals surface area contributed by atoms with Gasteiger partial charge in [-0.2, -0.15) is 0 Å². The largest absolute Gasteiger partial charge is 0.508 e. The van der Waals surface area contributed by atoms with Crippen LogP contribution in [0.2, 0.25) is 0 Å². The standard InChI is InChI=1S/C22H21NO7/c1-2-9-28-22(27)14-3-5-16(6-4-14)23-20(25)13-30-21(26)10-15-12-29-19-11-17(24)7-8-18(15)19/h3-8,11-12,24H,2,9-10,13H2,1H3,(H,23,25). The van der Waals surface area contributed by atoms with Crippen molar-refractivity contribution < 1.29 is 33.4 Å². The zero-order valence-corrected chi connectivity index (χ0v) is 16.3. The summed E-state index contributed by atoms with van der Waals surface area (Å²) in [6.07, 6.45) is 2.08. The van der Waals surface area contributed by atoms with Crippen LogP contribution in [0.15, 0.2) is 53.1 Å². The summed E-state index contributed by atoms with van der Waals surface area (Å²) < 4.78 is 15.4. The normalized spacial score (nSPS) is 10.6. The number of fused-ring (bicyclic) bond motifs is 1. The van der Waals surface area contributed by atoms with Crippen LogP contribution in [0.1, 0.15) is 29.3 Å². The Morgan fingerprint density at radius 2 is 1.83 bits per heavy atom. The molecule has 0 fully saturated rings. The molecule has 3 rings (SSSR count). The van der Waals surface area contributed by atoms with Gasteiger partial charge in [-0.15, -0.1) is 0 Å². The average molecular weight is 411 g/mol. The Labute approximate surface area is 172 Å². The number of phenolic OH excluding ortho intramolecular Hbond substituents is 1. The van der Waals surface area contributed by atoms with E-state index in [1.54, 1.807) is 30.3 Å². The van der Waals surface area contributed by atoms with Crippen LogP contribution in [0.3, 0.4) is 0 Å². The van der Waals surface area contributed by atoms with E-state index >= 15 is 0 Å². The molecule has 0 unspecified atom stereocenters. The second-order valence-electron chi connectivity index (χ2n) is 6.54. The van der Waals surface area contributed by atoms with Crippen LogP contribution < -0.4 is 5.32 Å². The first-order valence-electron chi connectivity index (χ1n) is 9.38. The Balaban J connectivity index is 1.48. The van der Waals surface area contributed by atoms with E-state index in [9.17, 15) is 19.5 Å². The predicted molar refractivity (Wildman–Crippen MR) is 108 cm³/mol. The number of benzene rings is 2. The summed E-state index contributed by atoms with van der Waals surface area (Å²) in [4.78, 5) is 35.8. The van der Waals surface area contributed by atoms with Crippen molar-refractivity contribution in [2.75, 3.05) is 18.5 Å². The van der Waals surface area contributed by atoms with Crippen LogP contribution in [-0.4, -0.2) is 36.2 Å². The minimum absolute atomic E-state index is 0.0635. The zero-order valence-electron chi connectivity index (χ0n) is 16.3. The van der Waals surface area contributed by atoms with Gasteiger partial charge in [0.2, 0.25) is 0 Å². The fourth-order valence-corrected chi connectivity index (χ4v) is 2.73. The van der Waals surface area contributed by atoms with Gasteiger partial charge in [0.25, 0.3) is 5.91 Å². The quantitative estimate of drug-likeness (QED) is 0.546. The fourth-order valence-electron chi connectivity index (χ4n) is 2.73. The third-order valence-corrected chi connectivity index (χ3v) is 4.18. The number of anilines is 1.